The molecule has 0 aliphatic rings. The minimum Gasteiger partial charge on any atom is -0.490 e. The molecule has 0 unspecified atom stereocenters. The van der Waals surface area contributed by atoms with E-state index in [9.17, 15) is 14.9 Å². The first kappa shape index (κ1) is 21.9. The van der Waals surface area contributed by atoms with Gasteiger partial charge in [0.25, 0.3) is 5.91 Å². The lowest BCUT2D eigenvalue weighted by atomic mass is 9.93. The van der Waals surface area contributed by atoms with Gasteiger partial charge in [-0.1, -0.05) is 13.8 Å². The van der Waals surface area contributed by atoms with Crippen molar-refractivity contribution in [3.63, 3.8) is 0 Å². The molecule has 1 rings (SSSR count). The van der Waals surface area contributed by atoms with E-state index >= 15 is 0 Å². The van der Waals surface area contributed by atoms with Crippen LogP contribution in [0.15, 0.2) is 18.2 Å². The maximum Gasteiger partial charge on any atom is 0.311 e. The van der Waals surface area contributed by atoms with Crippen LogP contribution < -0.4 is 20.5 Å². The number of ether oxygens (including phenoxy) is 2. The number of carbonyl (C=O) groups excluding carboxylic acids is 1. The standard InChI is InChI=1S/C15H23N3O5.ClH/c1-4-15(5-2,10-16)17-14(19)9-23-11-6-7-12(18(20)21)13(8-11)22-3;/h6-8H,4-5,9-10,16H2,1-3H3,(H,17,19);1H. The SMILES string of the molecule is CCC(CC)(CN)NC(=O)COc1ccc([N+](=O)[O-])c(OC)c1.Cl. The van der Waals surface area contributed by atoms with E-state index in [2.05, 4.69) is 5.32 Å². The van der Waals surface area contributed by atoms with Crippen LogP contribution >= 0.6 is 12.4 Å². The summed E-state index contributed by atoms with van der Waals surface area (Å²) >= 11 is 0. The molecule has 0 aliphatic carbocycles. The van der Waals surface area contributed by atoms with Crippen molar-refractivity contribution in [2.45, 2.75) is 32.2 Å². The van der Waals surface area contributed by atoms with Gasteiger partial charge < -0.3 is 20.5 Å². The van der Waals surface area contributed by atoms with Gasteiger partial charge in [-0.2, -0.15) is 0 Å². The molecule has 0 saturated heterocycles. The first-order valence-electron chi connectivity index (χ1n) is 7.37. The van der Waals surface area contributed by atoms with Gasteiger partial charge in [-0.15, -0.1) is 12.4 Å². The van der Waals surface area contributed by atoms with E-state index in [0.717, 1.165) is 12.8 Å². The summed E-state index contributed by atoms with van der Waals surface area (Å²) in [5, 5.41) is 13.7. The van der Waals surface area contributed by atoms with Crippen molar-refractivity contribution < 1.29 is 19.2 Å². The van der Waals surface area contributed by atoms with Gasteiger partial charge >= 0.3 is 5.69 Å². The second kappa shape index (κ2) is 9.94. The molecule has 1 aromatic carbocycles. The molecule has 8 nitrogen and oxygen atoms in total. The van der Waals surface area contributed by atoms with Crippen LogP contribution in [-0.2, 0) is 4.79 Å². The normalized spacial score (nSPS) is 10.5. The average molecular weight is 362 g/mol. The Balaban J connectivity index is 0.00000529. The number of hydrogen-bond donors (Lipinski definition) is 2. The molecular weight excluding hydrogens is 338 g/mol. The molecule has 1 aromatic rings. The van der Waals surface area contributed by atoms with Gasteiger partial charge in [0, 0.05) is 18.7 Å². The van der Waals surface area contributed by atoms with Crippen LogP contribution in [0.4, 0.5) is 5.69 Å². The molecule has 9 heteroatoms. The number of halogens is 1. The number of nitro groups is 1. The number of hydrogen-bond acceptors (Lipinski definition) is 6. The number of carbonyl (C=O) groups is 1. The fourth-order valence-electron chi connectivity index (χ4n) is 2.15. The van der Waals surface area contributed by atoms with Gasteiger partial charge in [0.15, 0.2) is 6.61 Å². The summed E-state index contributed by atoms with van der Waals surface area (Å²) in [7, 11) is 1.33. The van der Waals surface area contributed by atoms with Gasteiger partial charge in [0.1, 0.15) is 5.75 Å². The smallest absolute Gasteiger partial charge is 0.311 e. The minimum absolute atomic E-state index is 0. The molecule has 0 radical (unpaired) electrons. The number of nitrogens with two attached hydrogens (primary N) is 1. The van der Waals surface area contributed by atoms with Crippen molar-refractivity contribution in [1.82, 2.24) is 5.32 Å². The fourth-order valence-corrected chi connectivity index (χ4v) is 2.15. The predicted molar refractivity (Wildman–Crippen MR) is 92.9 cm³/mol. The Hall–Kier alpha value is -2.06. The van der Waals surface area contributed by atoms with Gasteiger partial charge in [0.05, 0.1) is 17.6 Å². The summed E-state index contributed by atoms with van der Waals surface area (Å²) in [5.41, 5.74) is 5.13. The van der Waals surface area contributed by atoms with Crippen molar-refractivity contribution in [3.05, 3.63) is 28.3 Å². The maximum atomic E-state index is 12.0. The van der Waals surface area contributed by atoms with E-state index < -0.39 is 10.5 Å². The molecule has 0 aliphatic heterocycles. The topological polar surface area (TPSA) is 117 Å². The van der Waals surface area contributed by atoms with Crippen molar-refractivity contribution >= 4 is 24.0 Å². The van der Waals surface area contributed by atoms with Gasteiger partial charge in [0.2, 0.25) is 5.75 Å². The summed E-state index contributed by atoms with van der Waals surface area (Å²) in [6.07, 6.45) is 1.44. The molecule has 24 heavy (non-hydrogen) atoms. The Bertz CT molecular complexity index is 556. The Morgan fingerprint density at radius 1 is 1.38 bits per heavy atom. The van der Waals surface area contributed by atoms with Crippen LogP contribution in [0, 0.1) is 10.1 Å². The number of methoxy groups -OCH3 is 1. The van der Waals surface area contributed by atoms with Crippen molar-refractivity contribution in [2.75, 3.05) is 20.3 Å². The Kier molecular flexibility index (Phi) is 9.09. The summed E-state index contributed by atoms with van der Waals surface area (Å²) in [5.74, 6) is 0.0942. The highest BCUT2D eigenvalue weighted by atomic mass is 35.5. The largest absolute Gasteiger partial charge is 0.490 e. The Labute approximate surface area is 147 Å². The van der Waals surface area contributed by atoms with Gasteiger partial charge in [-0.25, -0.2) is 0 Å². The number of rotatable bonds is 9. The summed E-state index contributed by atoms with van der Waals surface area (Å²) in [6, 6.07) is 4.07. The van der Waals surface area contributed by atoms with Crippen LogP contribution in [0.3, 0.4) is 0 Å². The summed E-state index contributed by atoms with van der Waals surface area (Å²) < 4.78 is 10.3. The first-order chi connectivity index (χ1) is 10.9. The first-order valence-corrected chi connectivity index (χ1v) is 7.37. The van der Waals surface area contributed by atoms with Gasteiger partial charge in [-0.3, -0.25) is 14.9 Å². The van der Waals surface area contributed by atoms with E-state index in [1.807, 2.05) is 13.8 Å². The van der Waals surface area contributed by atoms with E-state index in [0.29, 0.717) is 12.3 Å². The minimum atomic E-state index is -0.548. The molecule has 1 amide bonds. The lowest BCUT2D eigenvalue weighted by Gasteiger charge is -2.31. The number of nitro benzene ring substituents is 1. The molecule has 0 spiro atoms. The Morgan fingerprint density at radius 2 is 2.00 bits per heavy atom. The molecule has 0 heterocycles. The summed E-state index contributed by atoms with van der Waals surface area (Å²) in [6.45, 7) is 4.05. The third kappa shape index (κ3) is 5.54. The molecule has 136 valence electrons. The number of nitrogens with one attached hydrogen (secondary N) is 1. The van der Waals surface area contributed by atoms with E-state index in [4.69, 9.17) is 15.2 Å². The van der Waals surface area contributed by atoms with E-state index in [1.54, 1.807) is 0 Å². The number of amides is 1. The summed E-state index contributed by atoms with van der Waals surface area (Å²) in [4.78, 5) is 22.3. The zero-order valence-corrected chi connectivity index (χ0v) is 14.9. The second-order valence-corrected chi connectivity index (χ2v) is 5.12. The van der Waals surface area contributed by atoms with Gasteiger partial charge in [-0.05, 0) is 18.9 Å². The third-order valence-corrected chi connectivity index (χ3v) is 3.87. The zero-order valence-electron chi connectivity index (χ0n) is 14.0. The molecule has 0 atom stereocenters. The average Bonchev–Trinajstić information content (AvgIpc) is 2.57. The molecule has 0 aromatic heterocycles. The van der Waals surface area contributed by atoms with Crippen LogP contribution in [0.25, 0.3) is 0 Å². The lowest BCUT2D eigenvalue weighted by Crippen LogP contribution is -2.54. The van der Waals surface area contributed by atoms with E-state index in [1.165, 1.54) is 25.3 Å². The number of benzene rings is 1. The zero-order chi connectivity index (χ0) is 17.5. The van der Waals surface area contributed by atoms with Crippen molar-refractivity contribution in [3.8, 4) is 11.5 Å². The highest BCUT2D eigenvalue weighted by Gasteiger charge is 2.26. The lowest BCUT2D eigenvalue weighted by molar-refractivity contribution is -0.385. The van der Waals surface area contributed by atoms with Crippen LogP contribution in [0.1, 0.15) is 26.7 Å². The fraction of sp³-hybridized carbons (Fsp3) is 0.533. The third-order valence-electron chi connectivity index (χ3n) is 3.87. The molecule has 3 N–H and O–H groups in total. The van der Waals surface area contributed by atoms with Crippen LogP contribution in [0.2, 0.25) is 0 Å². The van der Waals surface area contributed by atoms with Crippen molar-refractivity contribution in [2.24, 2.45) is 5.73 Å². The maximum absolute atomic E-state index is 12.0. The molecule has 0 fully saturated rings. The highest BCUT2D eigenvalue weighted by molar-refractivity contribution is 5.85. The molecule has 0 saturated carbocycles. The molecular formula is C15H24ClN3O5. The van der Waals surface area contributed by atoms with Crippen LogP contribution in [0.5, 0.6) is 11.5 Å². The number of nitrogens with zero attached hydrogens (tertiary/aromatic N) is 1. The second-order valence-electron chi connectivity index (χ2n) is 5.12. The quantitative estimate of drug-likeness (QED) is 0.513. The Morgan fingerprint density at radius 3 is 2.46 bits per heavy atom. The van der Waals surface area contributed by atoms with Crippen LogP contribution in [-0.4, -0.2) is 36.6 Å². The van der Waals surface area contributed by atoms with Crippen molar-refractivity contribution in [1.29, 1.82) is 0 Å². The monoisotopic (exact) mass is 361 g/mol. The highest BCUT2D eigenvalue weighted by Crippen LogP contribution is 2.30. The predicted octanol–water partition coefficient (Wildman–Crippen LogP) is 2.04. The molecule has 0 bridgehead atoms. The van der Waals surface area contributed by atoms with E-state index in [-0.39, 0.29) is 36.4 Å².